The van der Waals surface area contributed by atoms with Gasteiger partial charge in [0.05, 0.1) is 28.4 Å². The van der Waals surface area contributed by atoms with Crippen LogP contribution in [0.15, 0.2) is 66.2 Å². The van der Waals surface area contributed by atoms with Crippen LogP contribution in [-0.4, -0.2) is 28.4 Å². The molecule has 6 nitrogen and oxygen atoms in total. The fraction of sp³-hybridized carbons (Fsp3) is 0.258. The minimum Gasteiger partial charge on any atom is -0.507 e. The van der Waals surface area contributed by atoms with Crippen molar-refractivity contribution in [3.8, 4) is 5.75 Å². The number of aliphatic hydroxyl groups excluding tert-OH is 1. The standard InChI is InChI=1S/C31H30N2O4S/c1-6-37-23-9-7-8-22(16-23)28(34)25-27(21-12-10-20(11-13-21)17(2)3)33(30(36)29(25)35)31-32-26-19(5)14-18(4)15-24(26)38-31/h7-17,27,34H,6H2,1-5H3. The lowest BCUT2D eigenvalue weighted by molar-refractivity contribution is -0.132. The summed E-state index contributed by atoms with van der Waals surface area (Å²) < 4.78 is 6.54. The second-order valence-corrected chi connectivity index (χ2v) is 10.9. The molecule has 5 rings (SSSR count). The van der Waals surface area contributed by atoms with Crippen LogP contribution in [0.25, 0.3) is 16.0 Å². The summed E-state index contributed by atoms with van der Waals surface area (Å²) >= 11 is 1.37. The van der Waals surface area contributed by atoms with E-state index in [1.165, 1.54) is 16.2 Å². The highest BCUT2D eigenvalue weighted by Crippen LogP contribution is 2.45. The number of nitrogens with zero attached hydrogens (tertiary/aromatic N) is 2. The Hall–Kier alpha value is -3.97. The number of benzene rings is 3. The Morgan fingerprint density at radius 3 is 2.50 bits per heavy atom. The summed E-state index contributed by atoms with van der Waals surface area (Å²) in [4.78, 5) is 33.4. The number of aryl methyl sites for hydroxylation is 2. The fourth-order valence-electron chi connectivity index (χ4n) is 4.93. The van der Waals surface area contributed by atoms with Crippen molar-refractivity contribution >= 4 is 44.1 Å². The number of hydrogen-bond donors (Lipinski definition) is 1. The van der Waals surface area contributed by atoms with Gasteiger partial charge < -0.3 is 9.84 Å². The van der Waals surface area contributed by atoms with E-state index in [0.29, 0.717) is 29.0 Å². The van der Waals surface area contributed by atoms with Gasteiger partial charge in [-0.1, -0.05) is 67.6 Å². The molecule has 1 aliphatic heterocycles. The van der Waals surface area contributed by atoms with Crippen LogP contribution in [0.1, 0.15) is 60.5 Å². The van der Waals surface area contributed by atoms with E-state index < -0.39 is 17.7 Å². The number of rotatable bonds is 6. The van der Waals surface area contributed by atoms with Crippen molar-refractivity contribution in [2.24, 2.45) is 0 Å². The second kappa shape index (κ2) is 10.1. The highest BCUT2D eigenvalue weighted by Gasteiger charge is 2.48. The zero-order valence-electron chi connectivity index (χ0n) is 22.1. The van der Waals surface area contributed by atoms with Gasteiger partial charge in [0.1, 0.15) is 11.5 Å². The number of thiazole rings is 1. The summed E-state index contributed by atoms with van der Waals surface area (Å²) in [6.45, 7) is 10.6. The number of carbonyl (C=O) groups is 2. The third kappa shape index (κ3) is 4.47. The Bertz CT molecular complexity index is 1580. The van der Waals surface area contributed by atoms with Gasteiger partial charge in [0, 0.05) is 5.56 Å². The zero-order chi connectivity index (χ0) is 27.1. The quantitative estimate of drug-likeness (QED) is 0.165. The maximum atomic E-state index is 13.6. The van der Waals surface area contributed by atoms with Crippen molar-refractivity contribution in [3.05, 3.63) is 94.1 Å². The Morgan fingerprint density at radius 2 is 1.82 bits per heavy atom. The van der Waals surface area contributed by atoms with Gasteiger partial charge in [-0.25, -0.2) is 4.98 Å². The van der Waals surface area contributed by atoms with Crippen molar-refractivity contribution in [1.82, 2.24) is 4.98 Å². The van der Waals surface area contributed by atoms with Crippen LogP contribution in [-0.2, 0) is 9.59 Å². The lowest BCUT2D eigenvalue weighted by Crippen LogP contribution is -2.29. The molecule has 4 aromatic rings. The molecule has 1 fully saturated rings. The van der Waals surface area contributed by atoms with Gasteiger partial charge in [-0.3, -0.25) is 14.5 Å². The Kier molecular flexibility index (Phi) is 6.80. The zero-order valence-corrected chi connectivity index (χ0v) is 22.9. The van der Waals surface area contributed by atoms with E-state index in [0.717, 1.165) is 32.5 Å². The molecule has 3 aromatic carbocycles. The topological polar surface area (TPSA) is 79.7 Å². The van der Waals surface area contributed by atoms with Crippen LogP contribution >= 0.6 is 11.3 Å². The maximum absolute atomic E-state index is 13.6. The van der Waals surface area contributed by atoms with Crippen molar-refractivity contribution in [2.75, 3.05) is 11.5 Å². The highest BCUT2D eigenvalue weighted by molar-refractivity contribution is 7.22. The number of anilines is 1. The lowest BCUT2D eigenvalue weighted by atomic mass is 9.93. The average molecular weight is 527 g/mol. The predicted molar refractivity (Wildman–Crippen MR) is 152 cm³/mol. The number of ether oxygens (including phenoxy) is 1. The molecule has 1 atom stereocenters. The van der Waals surface area contributed by atoms with E-state index in [9.17, 15) is 14.7 Å². The van der Waals surface area contributed by atoms with Gasteiger partial charge in [-0.2, -0.15) is 0 Å². The second-order valence-electron chi connectivity index (χ2n) is 9.88. The molecule has 1 aromatic heterocycles. The van der Waals surface area contributed by atoms with Gasteiger partial charge >= 0.3 is 5.91 Å². The van der Waals surface area contributed by atoms with Crippen LogP contribution < -0.4 is 9.64 Å². The Balaban J connectivity index is 1.71. The minimum atomic E-state index is -0.825. The number of carbonyl (C=O) groups excluding carboxylic acids is 2. The monoisotopic (exact) mass is 526 g/mol. The molecule has 7 heteroatoms. The molecule has 0 radical (unpaired) electrons. The van der Waals surface area contributed by atoms with Crippen molar-refractivity contribution < 1.29 is 19.4 Å². The molecular weight excluding hydrogens is 496 g/mol. The molecule has 1 aliphatic rings. The minimum absolute atomic E-state index is 0.0353. The molecule has 1 amide bonds. The highest BCUT2D eigenvalue weighted by atomic mass is 32.1. The summed E-state index contributed by atoms with van der Waals surface area (Å²) in [7, 11) is 0. The van der Waals surface area contributed by atoms with E-state index in [1.807, 2.05) is 57.2 Å². The van der Waals surface area contributed by atoms with Gasteiger partial charge in [-0.15, -0.1) is 0 Å². The largest absolute Gasteiger partial charge is 0.507 e. The molecule has 1 unspecified atom stereocenters. The SMILES string of the molecule is CCOc1cccc(C(O)=C2C(=O)C(=O)N(c3nc4c(C)cc(C)cc4s3)C2c2ccc(C(C)C)cc2)c1. The molecule has 2 heterocycles. The van der Waals surface area contributed by atoms with Crippen molar-refractivity contribution in [2.45, 2.75) is 46.6 Å². The molecule has 0 aliphatic carbocycles. The molecule has 0 saturated carbocycles. The summed E-state index contributed by atoms with van der Waals surface area (Å²) in [5, 5.41) is 11.9. The van der Waals surface area contributed by atoms with E-state index in [2.05, 4.69) is 13.8 Å². The molecule has 38 heavy (non-hydrogen) atoms. The number of hydrogen-bond acceptors (Lipinski definition) is 6. The molecule has 1 saturated heterocycles. The summed E-state index contributed by atoms with van der Waals surface area (Å²) in [6.07, 6.45) is 0. The van der Waals surface area contributed by atoms with Crippen molar-refractivity contribution in [3.63, 3.8) is 0 Å². The van der Waals surface area contributed by atoms with Gasteiger partial charge in [0.2, 0.25) is 0 Å². The van der Waals surface area contributed by atoms with Gasteiger partial charge in [0.25, 0.3) is 5.78 Å². The van der Waals surface area contributed by atoms with Crippen LogP contribution in [0.5, 0.6) is 5.75 Å². The summed E-state index contributed by atoms with van der Waals surface area (Å²) in [5.41, 5.74) is 5.22. The first kappa shape index (κ1) is 25.7. The number of ketones is 1. The molecular formula is C31H30N2O4S. The van der Waals surface area contributed by atoms with E-state index >= 15 is 0 Å². The first-order chi connectivity index (χ1) is 18.2. The maximum Gasteiger partial charge on any atom is 0.301 e. The van der Waals surface area contributed by atoms with E-state index in [4.69, 9.17) is 9.72 Å². The predicted octanol–water partition coefficient (Wildman–Crippen LogP) is 7.06. The van der Waals surface area contributed by atoms with Crippen LogP contribution in [0.3, 0.4) is 0 Å². The molecule has 194 valence electrons. The Morgan fingerprint density at radius 1 is 1.08 bits per heavy atom. The number of fused-ring (bicyclic) bond motifs is 1. The fourth-order valence-corrected chi connectivity index (χ4v) is 6.09. The summed E-state index contributed by atoms with van der Waals surface area (Å²) in [5.74, 6) is -0.792. The first-order valence-electron chi connectivity index (χ1n) is 12.7. The number of amides is 1. The van der Waals surface area contributed by atoms with Gasteiger partial charge in [-0.05, 0) is 67.1 Å². The third-order valence-corrected chi connectivity index (χ3v) is 7.81. The number of aromatic nitrogens is 1. The Labute approximate surface area is 226 Å². The molecule has 0 spiro atoms. The number of aliphatic hydroxyl groups is 1. The average Bonchev–Trinajstić information content (AvgIpc) is 3.42. The smallest absolute Gasteiger partial charge is 0.301 e. The molecule has 1 N–H and O–H groups in total. The van der Waals surface area contributed by atoms with E-state index in [1.54, 1.807) is 24.3 Å². The number of Topliss-reactive ketones (excluding diaryl/α,β-unsaturated/α-hetero) is 1. The van der Waals surface area contributed by atoms with Crippen molar-refractivity contribution in [1.29, 1.82) is 0 Å². The summed E-state index contributed by atoms with van der Waals surface area (Å²) in [6, 6.07) is 18.0. The van der Waals surface area contributed by atoms with Crippen LogP contribution in [0, 0.1) is 13.8 Å². The first-order valence-corrected chi connectivity index (χ1v) is 13.5. The lowest BCUT2D eigenvalue weighted by Gasteiger charge is -2.23. The van der Waals surface area contributed by atoms with Gasteiger partial charge in [0.15, 0.2) is 5.13 Å². The van der Waals surface area contributed by atoms with Crippen LogP contribution in [0.4, 0.5) is 5.13 Å². The normalized spacial score (nSPS) is 17.1. The molecule has 0 bridgehead atoms. The third-order valence-electron chi connectivity index (χ3n) is 6.81. The van der Waals surface area contributed by atoms with E-state index in [-0.39, 0.29) is 11.3 Å². The van der Waals surface area contributed by atoms with Crippen LogP contribution in [0.2, 0.25) is 0 Å².